The molecule has 21 heavy (non-hydrogen) atoms. The zero-order valence-corrected chi connectivity index (χ0v) is 15.4. The van der Waals surface area contributed by atoms with Gasteiger partial charge in [0.15, 0.2) is 11.5 Å². The van der Waals surface area contributed by atoms with E-state index in [0.717, 1.165) is 26.4 Å². The molecule has 2 rings (SSSR count). The molecule has 0 fully saturated rings. The minimum absolute atomic E-state index is 0.201. The molecule has 0 aliphatic rings. The van der Waals surface area contributed by atoms with Crippen LogP contribution in [0.4, 0.5) is 0 Å². The van der Waals surface area contributed by atoms with E-state index in [-0.39, 0.29) is 5.38 Å². The van der Waals surface area contributed by atoms with Crippen LogP contribution in [0.1, 0.15) is 34.5 Å². The number of alkyl halides is 1. The van der Waals surface area contributed by atoms with Crippen molar-refractivity contribution < 1.29 is 9.47 Å². The number of halogens is 2. The van der Waals surface area contributed by atoms with Crippen LogP contribution in [-0.4, -0.2) is 13.2 Å². The molecule has 1 heterocycles. The molecule has 1 aromatic carbocycles. The first-order chi connectivity index (χ1) is 10.1. The van der Waals surface area contributed by atoms with Gasteiger partial charge >= 0.3 is 0 Å². The number of ether oxygens (including phenoxy) is 2. The summed E-state index contributed by atoms with van der Waals surface area (Å²) in [5.74, 6) is 1.47. The highest BCUT2D eigenvalue weighted by Crippen LogP contribution is 2.42. The maximum absolute atomic E-state index is 6.64. The maximum atomic E-state index is 6.64. The zero-order valence-electron chi connectivity index (χ0n) is 12.3. The van der Waals surface area contributed by atoms with Crippen LogP contribution in [0.5, 0.6) is 11.5 Å². The summed E-state index contributed by atoms with van der Waals surface area (Å²) in [4.78, 5) is 2.38. The molecule has 2 aromatic rings. The first kappa shape index (κ1) is 16.7. The summed E-state index contributed by atoms with van der Waals surface area (Å²) < 4.78 is 12.2. The molecule has 0 aliphatic heterocycles. The molecular formula is C16H18BrClO2S. The molecular weight excluding hydrogens is 372 g/mol. The van der Waals surface area contributed by atoms with Crippen molar-refractivity contribution in [1.82, 2.24) is 0 Å². The summed E-state index contributed by atoms with van der Waals surface area (Å²) in [5, 5.41) is -0.201. The van der Waals surface area contributed by atoms with E-state index in [2.05, 4.69) is 35.0 Å². The Morgan fingerprint density at radius 3 is 2.29 bits per heavy atom. The molecule has 0 N–H and O–H groups in total. The van der Waals surface area contributed by atoms with Crippen LogP contribution in [0.2, 0.25) is 0 Å². The van der Waals surface area contributed by atoms with Crippen molar-refractivity contribution in [2.24, 2.45) is 0 Å². The first-order valence-corrected chi connectivity index (χ1v) is 8.90. The van der Waals surface area contributed by atoms with Gasteiger partial charge in [0.1, 0.15) is 0 Å². The Labute approximate surface area is 143 Å². The van der Waals surface area contributed by atoms with E-state index in [4.69, 9.17) is 21.1 Å². The number of benzene rings is 1. The summed E-state index contributed by atoms with van der Waals surface area (Å²) in [7, 11) is 0. The van der Waals surface area contributed by atoms with Gasteiger partial charge < -0.3 is 9.47 Å². The van der Waals surface area contributed by atoms with E-state index in [0.29, 0.717) is 13.2 Å². The zero-order chi connectivity index (χ0) is 15.4. The SMILES string of the molecule is CCOc1cc(Br)c(C(Cl)c2ccc(C)s2)cc1OCC. The molecule has 1 atom stereocenters. The summed E-state index contributed by atoms with van der Waals surface area (Å²) in [6.45, 7) is 7.18. The number of thiophene rings is 1. The molecule has 0 spiro atoms. The Morgan fingerprint density at radius 1 is 1.14 bits per heavy atom. The van der Waals surface area contributed by atoms with Gasteiger partial charge in [-0.15, -0.1) is 22.9 Å². The van der Waals surface area contributed by atoms with Gasteiger partial charge in [-0.25, -0.2) is 0 Å². The van der Waals surface area contributed by atoms with E-state index in [1.54, 1.807) is 11.3 Å². The average Bonchev–Trinajstić information content (AvgIpc) is 2.88. The average molecular weight is 390 g/mol. The van der Waals surface area contributed by atoms with Crippen LogP contribution in [0.15, 0.2) is 28.7 Å². The summed E-state index contributed by atoms with van der Waals surface area (Å²) in [6.07, 6.45) is 0. The van der Waals surface area contributed by atoms with Crippen LogP contribution in [-0.2, 0) is 0 Å². The fourth-order valence-electron chi connectivity index (χ4n) is 2.02. The van der Waals surface area contributed by atoms with Gasteiger partial charge in [0.25, 0.3) is 0 Å². The molecule has 1 aromatic heterocycles. The quantitative estimate of drug-likeness (QED) is 0.569. The largest absolute Gasteiger partial charge is 0.490 e. The summed E-state index contributed by atoms with van der Waals surface area (Å²) in [5.41, 5.74) is 0.991. The normalized spacial score (nSPS) is 12.2. The Kier molecular flexibility index (Phi) is 5.97. The lowest BCUT2D eigenvalue weighted by Crippen LogP contribution is -2.01. The van der Waals surface area contributed by atoms with Crippen molar-refractivity contribution in [1.29, 1.82) is 0 Å². The Morgan fingerprint density at radius 2 is 1.76 bits per heavy atom. The molecule has 1 unspecified atom stereocenters. The van der Waals surface area contributed by atoms with Crippen LogP contribution < -0.4 is 9.47 Å². The summed E-state index contributed by atoms with van der Waals surface area (Å²) >= 11 is 11.9. The van der Waals surface area contributed by atoms with E-state index < -0.39 is 0 Å². The van der Waals surface area contributed by atoms with E-state index >= 15 is 0 Å². The van der Waals surface area contributed by atoms with Crippen molar-refractivity contribution in [2.45, 2.75) is 26.1 Å². The van der Waals surface area contributed by atoms with Gasteiger partial charge in [0, 0.05) is 14.2 Å². The van der Waals surface area contributed by atoms with Crippen molar-refractivity contribution >= 4 is 38.9 Å². The third-order valence-corrected chi connectivity index (χ3v) is 5.30. The fraction of sp³-hybridized carbons (Fsp3) is 0.375. The third kappa shape index (κ3) is 3.93. The predicted octanol–water partition coefficient (Wildman–Crippen LogP) is 5.94. The van der Waals surface area contributed by atoms with Crippen LogP contribution in [0, 0.1) is 6.92 Å². The topological polar surface area (TPSA) is 18.5 Å². The van der Waals surface area contributed by atoms with Gasteiger partial charge in [0.2, 0.25) is 0 Å². The van der Waals surface area contributed by atoms with Crippen molar-refractivity contribution in [2.75, 3.05) is 13.2 Å². The van der Waals surface area contributed by atoms with Gasteiger partial charge in [0.05, 0.1) is 18.6 Å². The lowest BCUT2D eigenvalue weighted by Gasteiger charge is -2.16. The van der Waals surface area contributed by atoms with Crippen molar-refractivity contribution in [3.63, 3.8) is 0 Å². The van der Waals surface area contributed by atoms with Crippen LogP contribution >= 0.6 is 38.9 Å². The number of aryl methyl sites for hydroxylation is 1. The lowest BCUT2D eigenvalue weighted by atomic mass is 10.1. The number of hydrogen-bond donors (Lipinski definition) is 0. The summed E-state index contributed by atoms with van der Waals surface area (Å²) in [6, 6.07) is 8.05. The second-order valence-corrected chi connectivity index (χ2v) is 7.11. The molecule has 0 radical (unpaired) electrons. The molecule has 2 nitrogen and oxygen atoms in total. The Hall–Kier alpha value is -0.710. The van der Waals surface area contributed by atoms with Crippen molar-refractivity contribution in [3.8, 4) is 11.5 Å². The number of hydrogen-bond acceptors (Lipinski definition) is 3. The van der Waals surface area contributed by atoms with Gasteiger partial charge in [-0.1, -0.05) is 15.9 Å². The Balaban J connectivity index is 2.40. The standard InChI is InChI=1S/C16H18BrClO2S/c1-4-19-13-8-11(12(17)9-14(13)20-5-2)16(18)15-7-6-10(3)21-15/h6-9,16H,4-5H2,1-3H3. The fourth-order valence-corrected chi connectivity index (χ4v) is 3.97. The first-order valence-electron chi connectivity index (χ1n) is 6.86. The van der Waals surface area contributed by atoms with Gasteiger partial charge in [-0.05, 0) is 50.6 Å². The van der Waals surface area contributed by atoms with Gasteiger partial charge in [-0.2, -0.15) is 0 Å². The molecule has 0 saturated heterocycles. The maximum Gasteiger partial charge on any atom is 0.162 e. The number of rotatable bonds is 6. The second kappa shape index (κ2) is 7.52. The molecule has 0 saturated carbocycles. The highest BCUT2D eigenvalue weighted by Gasteiger charge is 2.19. The smallest absolute Gasteiger partial charge is 0.162 e. The minimum atomic E-state index is -0.201. The molecule has 114 valence electrons. The highest BCUT2D eigenvalue weighted by molar-refractivity contribution is 9.10. The molecule has 0 bridgehead atoms. The lowest BCUT2D eigenvalue weighted by molar-refractivity contribution is 0.287. The van der Waals surface area contributed by atoms with Crippen LogP contribution in [0.3, 0.4) is 0 Å². The molecule has 5 heteroatoms. The van der Waals surface area contributed by atoms with E-state index in [1.165, 1.54) is 4.88 Å². The molecule has 0 amide bonds. The molecule has 0 aliphatic carbocycles. The third-order valence-electron chi connectivity index (χ3n) is 2.95. The highest BCUT2D eigenvalue weighted by atomic mass is 79.9. The van der Waals surface area contributed by atoms with Crippen molar-refractivity contribution in [3.05, 3.63) is 44.1 Å². The Bertz CT molecular complexity index is 612. The van der Waals surface area contributed by atoms with E-state index in [1.807, 2.05) is 26.0 Å². The van der Waals surface area contributed by atoms with Crippen LogP contribution in [0.25, 0.3) is 0 Å². The monoisotopic (exact) mass is 388 g/mol. The minimum Gasteiger partial charge on any atom is -0.490 e. The van der Waals surface area contributed by atoms with Gasteiger partial charge in [-0.3, -0.25) is 0 Å². The second-order valence-electron chi connectivity index (χ2n) is 4.50. The predicted molar refractivity (Wildman–Crippen MR) is 93.2 cm³/mol. The van der Waals surface area contributed by atoms with E-state index in [9.17, 15) is 0 Å².